The molecule has 1 unspecified atom stereocenters. The predicted molar refractivity (Wildman–Crippen MR) is 61.1 cm³/mol. The molecule has 0 bridgehead atoms. The standard InChI is InChI=1S/C12H27N/c1-5-8-9-12(13-4)10-11(6-2)7-3/h11-13H,5-10H2,1-4H3. The van der Waals surface area contributed by atoms with Crippen molar-refractivity contribution < 1.29 is 0 Å². The second-order valence-corrected chi connectivity index (χ2v) is 4.05. The van der Waals surface area contributed by atoms with Crippen molar-refractivity contribution in [1.82, 2.24) is 5.32 Å². The molecule has 1 heteroatoms. The fourth-order valence-corrected chi connectivity index (χ4v) is 1.85. The lowest BCUT2D eigenvalue weighted by molar-refractivity contribution is 0.360. The number of hydrogen-bond donors (Lipinski definition) is 1. The van der Waals surface area contributed by atoms with Gasteiger partial charge in [0.1, 0.15) is 0 Å². The van der Waals surface area contributed by atoms with Gasteiger partial charge in [0.15, 0.2) is 0 Å². The summed E-state index contributed by atoms with van der Waals surface area (Å²) < 4.78 is 0. The molecular weight excluding hydrogens is 158 g/mol. The number of nitrogens with one attached hydrogen (secondary N) is 1. The Morgan fingerprint density at radius 3 is 2.08 bits per heavy atom. The summed E-state index contributed by atoms with van der Waals surface area (Å²) in [4.78, 5) is 0. The Labute approximate surface area is 84.3 Å². The number of rotatable bonds is 8. The van der Waals surface area contributed by atoms with Crippen LogP contribution in [0.2, 0.25) is 0 Å². The van der Waals surface area contributed by atoms with E-state index in [1.54, 1.807) is 0 Å². The summed E-state index contributed by atoms with van der Waals surface area (Å²) in [7, 11) is 2.10. The lowest BCUT2D eigenvalue weighted by Crippen LogP contribution is -2.27. The highest BCUT2D eigenvalue weighted by Crippen LogP contribution is 2.17. The van der Waals surface area contributed by atoms with Crippen LogP contribution in [0.5, 0.6) is 0 Å². The Bertz CT molecular complexity index is 97.3. The SMILES string of the molecule is CCCCC(CC(CC)CC)NC. The van der Waals surface area contributed by atoms with Gasteiger partial charge in [0.25, 0.3) is 0 Å². The van der Waals surface area contributed by atoms with E-state index in [4.69, 9.17) is 0 Å². The second-order valence-electron chi connectivity index (χ2n) is 4.05. The Balaban J connectivity index is 3.67. The molecule has 0 rings (SSSR count). The lowest BCUT2D eigenvalue weighted by atomic mass is 9.92. The Morgan fingerprint density at radius 2 is 1.69 bits per heavy atom. The second kappa shape index (κ2) is 8.55. The van der Waals surface area contributed by atoms with E-state index in [9.17, 15) is 0 Å². The topological polar surface area (TPSA) is 12.0 Å². The molecule has 0 amide bonds. The van der Waals surface area contributed by atoms with E-state index in [0.29, 0.717) is 0 Å². The molecule has 13 heavy (non-hydrogen) atoms. The van der Waals surface area contributed by atoms with Crippen molar-refractivity contribution in [2.24, 2.45) is 5.92 Å². The first-order valence-electron chi connectivity index (χ1n) is 5.95. The molecule has 1 N–H and O–H groups in total. The first kappa shape index (κ1) is 13.0. The van der Waals surface area contributed by atoms with Gasteiger partial charge in [-0.05, 0) is 25.8 Å². The third kappa shape index (κ3) is 6.09. The zero-order valence-electron chi connectivity index (χ0n) is 9.90. The number of unbranched alkanes of at least 4 members (excludes halogenated alkanes) is 1. The summed E-state index contributed by atoms with van der Waals surface area (Å²) in [5.41, 5.74) is 0. The van der Waals surface area contributed by atoms with Crippen molar-refractivity contribution >= 4 is 0 Å². The van der Waals surface area contributed by atoms with Crippen LogP contribution in [0, 0.1) is 5.92 Å². The highest BCUT2D eigenvalue weighted by atomic mass is 14.9. The van der Waals surface area contributed by atoms with Gasteiger partial charge in [0.2, 0.25) is 0 Å². The van der Waals surface area contributed by atoms with Crippen LogP contribution in [0.1, 0.15) is 59.3 Å². The Hall–Kier alpha value is -0.0400. The van der Waals surface area contributed by atoms with Crippen LogP contribution in [-0.4, -0.2) is 13.1 Å². The zero-order chi connectivity index (χ0) is 10.1. The Morgan fingerprint density at radius 1 is 1.08 bits per heavy atom. The van der Waals surface area contributed by atoms with Crippen LogP contribution < -0.4 is 5.32 Å². The van der Waals surface area contributed by atoms with Gasteiger partial charge in [0.05, 0.1) is 0 Å². The maximum Gasteiger partial charge on any atom is 0.00666 e. The van der Waals surface area contributed by atoms with Crippen molar-refractivity contribution in [3.05, 3.63) is 0 Å². The zero-order valence-corrected chi connectivity index (χ0v) is 9.90. The van der Waals surface area contributed by atoms with Gasteiger partial charge >= 0.3 is 0 Å². The van der Waals surface area contributed by atoms with Crippen molar-refractivity contribution in [1.29, 1.82) is 0 Å². The molecule has 0 saturated carbocycles. The van der Waals surface area contributed by atoms with E-state index < -0.39 is 0 Å². The van der Waals surface area contributed by atoms with Crippen LogP contribution in [0.15, 0.2) is 0 Å². The van der Waals surface area contributed by atoms with Gasteiger partial charge in [0, 0.05) is 6.04 Å². The van der Waals surface area contributed by atoms with Crippen LogP contribution in [0.25, 0.3) is 0 Å². The minimum atomic E-state index is 0.754. The minimum Gasteiger partial charge on any atom is -0.317 e. The van der Waals surface area contributed by atoms with Crippen molar-refractivity contribution in [3.8, 4) is 0 Å². The highest BCUT2D eigenvalue weighted by Gasteiger charge is 2.11. The molecule has 0 aromatic rings. The quantitative estimate of drug-likeness (QED) is 0.609. The molecular formula is C12H27N. The van der Waals surface area contributed by atoms with E-state index in [1.807, 2.05) is 0 Å². The van der Waals surface area contributed by atoms with E-state index in [0.717, 1.165) is 12.0 Å². The molecule has 0 aromatic heterocycles. The lowest BCUT2D eigenvalue weighted by Gasteiger charge is -2.21. The summed E-state index contributed by atoms with van der Waals surface area (Å²) in [5.74, 6) is 0.925. The molecule has 0 spiro atoms. The van der Waals surface area contributed by atoms with Crippen molar-refractivity contribution in [2.45, 2.75) is 65.3 Å². The molecule has 1 nitrogen and oxygen atoms in total. The van der Waals surface area contributed by atoms with Gasteiger partial charge in [-0.1, -0.05) is 46.5 Å². The van der Waals surface area contributed by atoms with E-state index in [2.05, 4.69) is 33.1 Å². The van der Waals surface area contributed by atoms with Gasteiger partial charge in [-0.15, -0.1) is 0 Å². The molecule has 0 aliphatic rings. The summed E-state index contributed by atoms with van der Waals surface area (Å²) >= 11 is 0. The van der Waals surface area contributed by atoms with E-state index in [-0.39, 0.29) is 0 Å². The Kier molecular flexibility index (Phi) is 8.53. The molecule has 0 fully saturated rings. The average Bonchev–Trinajstić information content (AvgIpc) is 2.19. The molecule has 0 heterocycles. The molecule has 0 radical (unpaired) electrons. The van der Waals surface area contributed by atoms with Gasteiger partial charge < -0.3 is 5.32 Å². The van der Waals surface area contributed by atoms with Crippen LogP contribution >= 0.6 is 0 Å². The fourth-order valence-electron chi connectivity index (χ4n) is 1.85. The van der Waals surface area contributed by atoms with Crippen LogP contribution in [0.4, 0.5) is 0 Å². The molecule has 0 saturated heterocycles. The van der Waals surface area contributed by atoms with Gasteiger partial charge in [-0.3, -0.25) is 0 Å². The summed E-state index contributed by atoms with van der Waals surface area (Å²) in [5, 5.41) is 3.44. The monoisotopic (exact) mass is 185 g/mol. The predicted octanol–water partition coefficient (Wildman–Crippen LogP) is 3.59. The van der Waals surface area contributed by atoms with E-state index in [1.165, 1.54) is 38.5 Å². The fraction of sp³-hybridized carbons (Fsp3) is 1.00. The summed E-state index contributed by atoms with van der Waals surface area (Å²) in [6.07, 6.45) is 8.07. The molecule has 0 aliphatic heterocycles. The summed E-state index contributed by atoms with van der Waals surface area (Å²) in [6.45, 7) is 6.88. The molecule has 1 atom stereocenters. The van der Waals surface area contributed by atoms with Gasteiger partial charge in [-0.2, -0.15) is 0 Å². The molecule has 80 valence electrons. The number of hydrogen-bond acceptors (Lipinski definition) is 1. The van der Waals surface area contributed by atoms with E-state index >= 15 is 0 Å². The minimum absolute atomic E-state index is 0.754. The first-order chi connectivity index (χ1) is 6.28. The summed E-state index contributed by atoms with van der Waals surface area (Å²) in [6, 6.07) is 0.754. The third-order valence-electron chi connectivity index (χ3n) is 3.09. The van der Waals surface area contributed by atoms with Crippen LogP contribution in [0.3, 0.4) is 0 Å². The third-order valence-corrected chi connectivity index (χ3v) is 3.09. The first-order valence-corrected chi connectivity index (χ1v) is 5.95. The van der Waals surface area contributed by atoms with Crippen molar-refractivity contribution in [3.63, 3.8) is 0 Å². The maximum absolute atomic E-state index is 3.44. The smallest absolute Gasteiger partial charge is 0.00666 e. The molecule has 0 aliphatic carbocycles. The average molecular weight is 185 g/mol. The normalized spacial score (nSPS) is 13.6. The highest BCUT2D eigenvalue weighted by molar-refractivity contribution is 4.69. The maximum atomic E-state index is 3.44. The van der Waals surface area contributed by atoms with Gasteiger partial charge in [-0.25, -0.2) is 0 Å². The molecule has 0 aromatic carbocycles. The largest absolute Gasteiger partial charge is 0.317 e. The van der Waals surface area contributed by atoms with Crippen LogP contribution in [-0.2, 0) is 0 Å². The van der Waals surface area contributed by atoms with Crippen molar-refractivity contribution in [2.75, 3.05) is 7.05 Å².